The molecule has 2 N–H and O–H groups in total. The van der Waals surface area contributed by atoms with E-state index < -0.39 is 28.5 Å². The minimum absolute atomic E-state index is 0.0940. The first-order valence-corrected chi connectivity index (χ1v) is 9.47. The topological polar surface area (TPSA) is 113 Å². The van der Waals surface area contributed by atoms with E-state index in [1.54, 1.807) is 30.3 Å². The summed E-state index contributed by atoms with van der Waals surface area (Å²) in [5.74, 6) is -1.74. The van der Waals surface area contributed by atoms with Crippen molar-refractivity contribution in [1.82, 2.24) is 9.62 Å². The summed E-state index contributed by atoms with van der Waals surface area (Å²) in [6, 6.07) is 8.16. The summed E-state index contributed by atoms with van der Waals surface area (Å²) >= 11 is 0. The number of nitrogens with one attached hydrogen (secondary N) is 1. The summed E-state index contributed by atoms with van der Waals surface area (Å²) in [5, 5.41) is 11.1. The Morgan fingerprint density at radius 1 is 1.28 bits per heavy atom. The normalized spacial score (nSPS) is 18.6. The van der Waals surface area contributed by atoms with Gasteiger partial charge in [-0.25, -0.2) is 13.2 Å². The third-order valence-corrected chi connectivity index (χ3v) is 5.79. The molecular formula is C16H22N2O6S. The maximum atomic E-state index is 12.6. The lowest BCUT2D eigenvalue weighted by molar-refractivity contribution is -0.142. The van der Waals surface area contributed by atoms with E-state index in [4.69, 9.17) is 9.84 Å². The molecule has 2 rings (SSSR count). The van der Waals surface area contributed by atoms with Gasteiger partial charge < -0.3 is 15.2 Å². The molecule has 0 aromatic heterocycles. The fourth-order valence-electron chi connectivity index (χ4n) is 2.67. The van der Waals surface area contributed by atoms with Crippen molar-refractivity contribution in [2.24, 2.45) is 5.92 Å². The number of carboxylic acid groups (broad SMARTS) is 1. The quantitative estimate of drug-likeness (QED) is 0.637. The fourth-order valence-corrected chi connectivity index (χ4v) is 4.21. The van der Waals surface area contributed by atoms with Crippen LogP contribution in [-0.4, -0.2) is 62.6 Å². The predicted octanol–water partition coefficient (Wildman–Crippen LogP) is 0.305. The molecule has 1 saturated heterocycles. The van der Waals surface area contributed by atoms with Crippen LogP contribution in [0.2, 0.25) is 0 Å². The molecule has 1 aromatic carbocycles. The number of sulfonamides is 1. The van der Waals surface area contributed by atoms with E-state index in [9.17, 15) is 18.0 Å². The van der Waals surface area contributed by atoms with Crippen LogP contribution in [0.15, 0.2) is 35.2 Å². The number of ether oxygens (including phenoxy) is 1. The Labute approximate surface area is 146 Å². The van der Waals surface area contributed by atoms with Gasteiger partial charge >= 0.3 is 5.97 Å². The van der Waals surface area contributed by atoms with Crippen molar-refractivity contribution < 1.29 is 27.9 Å². The number of rotatable bonds is 8. The van der Waals surface area contributed by atoms with Crippen LogP contribution < -0.4 is 5.32 Å². The summed E-state index contributed by atoms with van der Waals surface area (Å²) in [4.78, 5) is 22.7. The number of carbonyl (C=O) groups is 2. The van der Waals surface area contributed by atoms with Crippen LogP contribution in [0.5, 0.6) is 0 Å². The third kappa shape index (κ3) is 5.52. The SMILES string of the molecule is O=C(O)COCCNC(=O)C1CCCN(S(=O)(=O)c2ccccc2)C1. The third-order valence-electron chi connectivity index (χ3n) is 3.91. The second-order valence-corrected chi connectivity index (χ2v) is 7.69. The number of carbonyl (C=O) groups excluding carboxylic acids is 1. The molecule has 8 nitrogen and oxygen atoms in total. The van der Waals surface area contributed by atoms with Gasteiger partial charge in [-0.2, -0.15) is 4.31 Å². The molecule has 1 unspecified atom stereocenters. The van der Waals surface area contributed by atoms with Crippen molar-refractivity contribution in [3.05, 3.63) is 30.3 Å². The number of carboxylic acids is 1. The zero-order chi connectivity index (χ0) is 18.3. The number of hydrogen-bond donors (Lipinski definition) is 2. The van der Waals surface area contributed by atoms with Crippen molar-refractivity contribution in [2.75, 3.05) is 32.8 Å². The van der Waals surface area contributed by atoms with Crippen molar-refractivity contribution in [3.8, 4) is 0 Å². The van der Waals surface area contributed by atoms with E-state index in [0.717, 1.165) is 0 Å². The van der Waals surface area contributed by atoms with Gasteiger partial charge in [-0.05, 0) is 25.0 Å². The van der Waals surface area contributed by atoms with Crippen molar-refractivity contribution in [3.63, 3.8) is 0 Å². The predicted molar refractivity (Wildman–Crippen MR) is 89.4 cm³/mol. The number of nitrogens with zero attached hydrogens (tertiary/aromatic N) is 1. The molecule has 1 amide bonds. The lowest BCUT2D eigenvalue weighted by Crippen LogP contribution is -2.45. The van der Waals surface area contributed by atoms with E-state index in [1.807, 2.05) is 0 Å². The van der Waals surface area contributed by atoms with Gasteiger partial charge in [0.05, 0.1) is 17.4 Å². The lowest BCUT2D eigenvalue weighted by Gasteiger charge is -2.31. The van der Waals surface area contributed by atoms with Crippen LogP contribution in [-0.2, 0) is 24.3 Å². The Morgan fingerprint density at radius 2 is 2.00 bits per heavy atom. The molecular weight excluding hydrogens is 348 g/mol. The molecule has 0 spiro atoms. The Morgan fingerprint density at radius 3 is 2.68 bits per heavy atom. The molecule has 0 saturated carbocycles. The molecule has 1 heterocycles. The van der Waals surface area contributed by atoms with E-state index in [-0.39, 0.29) is 30.5 Å². The minimum Gasteiger partial charge on any atom is -0.480 e. The van der Waals surface area contributed by atoms with Crippen LogP contribution in [0.25, 0.3) is 0 Å². The maximum Gasteiger partial charge on any atom is 0.329 e. The molecule has 1 atom stereocenters. The zero-order valence-corrected chi connectivity index (χ0v) is 14.6. The van der Waals surface area contributed by atoms with E-state index in [0.29, 0.717) is 19.4 Å². The first-order valence-electron chi connectivity index (χ1n) is 8.03. The summed E-state index contributed by atoms with van der Waals surface area (Å²) < 4.78 is 31.5. The van der Waals surface area contributed by atoms with Crippen LogP contribution in [0.4, 0.5) is 0 Å². The summed E-state index contributed by atoms with van der Waals surface area (Å²) in [6.45, 7) is 0.398. The molecule has 1 fully saturated rings. The number of aliphatic carboxylic acids is 1. The van der Waals surface area contributed by atoms with Gasteiger partial charge in [0, 0.05) is 19.6 Å². The van der Waals surface area contributed by atoms with Crippen LogP contribution >= 0.6 is 0 Å². The van der Waals surface area contributed by atoms with Gasteiger partial charge in [-0.1, -0.05) is 18.2 Å². The molecule has 0 radical (unpaired) electrons. The van der Waals surface area contributed by atoms with Crippen LogP contribution in [0.1, 0.15) is 12.8 Å². The van der Waals surface area contributed by atoms with Gasteiger partial charge in [0.25, 0.3) is 0 Å². The summed E-state index contributed by atoms with van der Waals surface area (Å²) in [5.41, 5.74) is 0. The maximum absolute atomic E-state index is 12.6. The van der Waals surface area contributed by atoms with Crippen molar-refractivity contribution >= 4 is 21.9 Å². The van der Waals surface area contributed by atoms with Gasteiger partial charge in [0.15, 0.2) is 0 Å². The average molecular weight is 370 g/mol. The fraction of sp³-hybridized carbons (Fsp3) is 0.500. The number of hydrogen-bond acceptors (Lipinski definition) is 5. The number of amides is 1. The van der Waals surface area contributed by atoms with E-state index >= 15 is 0 Å². The second kappa shape index (κ2) is 8.93. The van der Waals surface area contributed by atoms with E-state index in [2.05, 4.69) is 5.32 Å². The van der Waals surface area contributed by atoms with Gasteiger partial charge in [-0.15, -0.1) is 0 Å². The standard InChI is InChI=1S/C16H22N2O6S/c19-15(20)12-24-10-8-17-16(21)13-5-4-9-18(11-13)25(22,23)14-6-2-1-3-7-14/h1-3,6-7,13H,4-5,8-12H2,(H,17,21)(H,19,20). The summed E-state index contributed by atoms with van der Waals surface area (Å²) in [6.07, 6.45) is 1.22. The first kappa shape index (κ1) is 19.4. The minimum atomic E-state index is -3.60. The van der Waals surface area contributed by atoms with Crippen LogP contribution in [0, 0.1) is 5.92 Å². The molecule has 1 aliphatic heterocycles. The largest absolute Gasteiger partial charge is 0.480 e. The average Bonchev–Trinajstić information content (AvgIpc) is 2.62. The Hall–Kier alpha value is -1.97. The Bertz CT molecular complexity index is 692. The van der Waals surface area contributed by atoms with Gasteiger partial charge in [0.1, 0.15) is 6.61 Å². The smallest absolute Gasteiger partial charge is 0.329 e. The molecule has 1 aliphatic rings. The van der Waals surface area contributed by atoms with Crippen LogP contribution in [0.3, 0.4) is 0 Å². The molecule has 9 heteroatoms. The monoisotopic (exact) mass is 370 g/mol. The molecule has 138 valence electrons. The zero-order valence-electron chi connectivity index (χ0n) is 13.8. The van der Waals surface area contributed by atoms with Gasteiger partial charge in [-0.3, -0.25) is 4.79 Å². The van der Waals surface area contributed by atoms with Gasteiger partial charge in [0.2, 0.25) is 15.9 Å². The van der Waals surface area contributed by atoms with Crippen molar-refractivity contribution in [2.45, 2.75) is 17.7 Å². The molecule has 0 aliphatic carbocycles. The second-order valence-electron chi connectivity index (χ2n) is 5.75. The highest BCUT2D eigenvalue weighted by atomic mass is 32.2. The lowest BCUT2D eigenvalue weighted by atomic mass is 9.99. The van der Waals surface area contributed by atoms with Crippen molar-refractivity contribution in [1.29, 1.82) is 0 Å². The number of piperidine rings is 1. The highest BCUT2D eigenvalue weighted by Crippen LogP contribution is 2.23. The number of benzene rings is 1. The highest BCUT2D eigenvalue weighted by molar-refractivity contribution is 7.89. The first-order chi connectivity index (χ1) is 11.9. The van der Waals surface area contributed by atoms with E-state index in [1.165, 1.54) is 4.31 Å². The molecule has 25 heavy (non-hydrogen) atoms. The summed E-state index contributed by atoms with van der Waals surface area (Å²) in [7, 11) is -3.60. The Balaban J connectivity index is 1.88. The highest BCUT2D eigenvalue weighted by Gasteiger charge is 2.33. The molecule has 1 aromatic rings. The molecule has 0 bridgehead atoms. The Kier molecular flexibility index (Phi) is 6.91.